The fourth-order valence-corrected chi connectivity index (χ4v) is 1.11. The number of rotatable bonds is 4. The van der Waals surface area contributed by atoms with Crippen molar-refractivity contribution in [2.75, 3.05) is 12.4 Å². The molecule has 3 N–H and O–H groups in total. The lowest BCUT2D eigenvalue weighted by molar-refractivity contribution is 0.265. The number of nitrogens with two attached hydrogens (primary N) is 1. The minimum absolute atomic E-state index is 0.141. The Balaban J connectivity index is 3.85. The summed E-state index contributed by atoms with van der Waals surface area (Å²) in [5.74, 6) is -0.330. The van der Waals surface area contributed by atoms with Gasteiger partial charge in [0.2, 0.25) is 9.84 Å². The third-order valence-electron chi connectivity index (χ3n) is 1.03. The highest BCUT2D eigenvalue weighted by Gasteiger charge is 2.16. The lowest BCUT2D eigenvalue weighted by atomic mass is 10.4. The van der Waals surface area contributed by atoms with Crippen LogP contribution < -0.4 is 5.73 Å². The van der Waals surface area contributed by atoms with Crippen molar-refractivity contribution in [3.8, 4) is 0 Å². The smallest absolute Gasteiger partial charge is 0.333 e. The maximum Gasteiger partial charge on any atom is 0.333 e. The molecule has 0 saturated heterocycles. The number of amides is 1. The van der Waals surface area contributed by atoms with Gasteiger partial charge in [0, 0.05) is 6.61 Å². The van der Waals surface area contributed by atoms with Gasteiger partial charge in [-0.2, -0.15) is 0 Å². The molecule has 0 saturated carbocycles. The normalized spacial score (nSPS) is 11.4. The van der Waals surface area contributed by atoms with Gasteiger partial charge in [-0.1, -0.05) is 0 Å². The van der Waals surface area contributed by atoms with E-state index in [4.69, 9.17) is 5.11 Å². The Morgan fingerprint density at radius 2 is 2.09 bits per heavy atom. The van der Waals surface area contributed by atoms with Crippen LogP contribution in [0, 0.1) is 6.42 Å². The highest BCUT2D eigenvalue weighted by molar-refractivity contribution is 8.05. The SMILES string of the molecule is NC(=O)S(=O)(=O)CC[CH]CO. The highest BCUT2D eigenvalue weighted by Crippen LogP contribution is 1.95. The Labute approximate surface area is 65.1 Å². The summed E-state index contributed by atoms with van der Waals surface area (Å²) in [6, 6.07) is 0. The molecule has 0 aliphatic rings. The molecular formula is C5H10NO4S. The average molecular weight is 180 g/mol. The van der Waals surface area contributed by atoms with Crippen molar-refractivity contribution in [2.45, 2.75) is 6.42 Å². The van der Waals surface area contributed by atoms with Crippen LogP contribution in [0.3, 0.4) is 0 Å². The molecule has 0 spiro atoms. The molecule has 5 nitrogen and oxygen atoms in total. The summed E-state index contributed by atoms with van der Waals surface area (Å²) in [4.78, 5) is 10.2. The summed E-state index contributed by atoms with van der Waals surface area (Å²) in [6.45, 7) is -0.200. The van der Waals surface area contributed by atoms with Crippen LogP contribution in [-0.4, -0.2) is 31.1 Å². The van der Waals surface area contributed by atoms with E-state index in [0.717, 1.165) is 0 Å². The van der Waals surface area contributed by atoms with Gasteiger partial charge in [-0.15, -0.1) is 0 Å². The number of hydrogen-bond acceptors (Lipinski definition) is 4. The van der Waals surface area contributed by atoms with E-state index < -0.39 is 15.1 Å². The number of hydrogen-bond donors (Lipinski definition) is 2. The highest BCUT2D eigenvalue weighted by atomic mass is 32.2. The number of unbranched alkanes of at least 4 members (excludes halogenated alkanes) is 1. The molecule has 0 bridgehead atoms. The van der Waals surface area contributed by atoms with Gasteiger partial charge in [0.15, 0.2) is 0 Å². The lowest BCUT2D eigenvalue weighted by Crippen LogP contribution is -2.24. The van der Waals surface area contributed by atoms with Crippen LogP contribution in [0.5, 0.6) is 0 Å². The molecule has 0 rings (SSSR count). The van der Waals surface area contributed by atoms with E-state index >= 15 is 0 Å². The standard InChI is InChI=1S/C5H10NO4S/c6-5(8)11(9,10)4-2-1-3-7/h1,7H,2-4H2,(H2,6,8). The molecule has 65 valence electrons. The fourth-order valence-electron chi connectivity index (χ4n) is 0.430. The second kappa shape index (κ2) is 4.30. The molecule has 11 heavy (non-hydrogen) atoms. The predicted octanol–water partition coefficient (Wildman–Crippen LogP) is -0.933. The Morgan fingerprint density at radius 1 is 1.55 bits per heavy atom. The van der Waals surface area contributed by atoms with Crippen LogP contribution in [0.15, 0.2) is 0 Å². The van der Waals surface area contributed by atoms with E-state index in [0.29, 0.717) is 0 Å². The second-order valence-electron chi connectivity index (χ2n) is 1.90. The number of aliphatic hydroxyl groups is 1. The molecule has 0 atom stereocenters. The van der Waals surface area contributed by atoms with E-state index in [1.54, 1.807) is 0 Å². The predicted molar refractivity (Wildman–Crippen MR) is 39.4 cm³/mol. The van der Waals surface area contributed by atoms with Gasteiger partial charge in [0.25, 0.3) is 0 Å². The molecular weight excluding hydrogens is 170 g/mol. The van der Waals surface area contributed by atoms with E-state index in [2.05, 4.69) is 5.73 Å². The molecule has 0 unspecified atom stereocenters. The molecule has 0 aromatic rings. The molecule has 0 aromatic heterocycles. The first-order valence-electron chi connectivity index (χ1n) is 2.95. The number of aliphatic hydroxyl groups excluding tert-OH is 1. The summed E-state index contributed by atoms with van der Waals surface area (Å²) in [6.07, 6.45) is 1.49. The molecule has 1 radical (unpaired) electrons. The Morgan fingerprint density at radius 3 is 2.45 bits per heavy atom. The Kier molecular flexibility index (Phi) is 4.06. The fraction of sp³-hybridized carbons (Fsp3) is 0.600. The van der Waals surface area contributed by atoms with Crippen molar-refractivity contribution in [3.05, 3.63) is 6.42 Å². The van der Waals surface area contributed by atoms with Crippen LogP contribution >= 0.6 is 0 Å². The summed E-state index contributed by atoms with van der Waals surface area (Å²) in [5, 5.41) is 6.92. The van der Waals surface area contributed by atoms with Gasteiger partial charge < -0.3 is 10.8 Å². The van der Waals surface area contributed by atoms with Gasteiger partial charge in [-0.05, 0) is 12.8 Å². The summed E-state index contributed by atoms with van der Waals surface area (Å²) in [7, 11) is -3.77. The van der Waals surface area contributed by atoms with Gasteiger partial charge in [0.05, 0.1) is 5.75 Å². The third-order valence-corrected chi connectivity index (χ3v) is 2.41. The molecule has 0 aliphatic carbocycles. The Hall–Kier alpha value is -0.620. The summed E-state index contributed by atoms with van der Waals surface area (Å²) < 4.78 is 21.3. The van der Waals surface area contributed by atoms with Crippen LogP contribution in [0.1, 0.15) is 6.42 Å². The van der Waals surface area contributed by atoms with E-state index in [1.165, 1.54) is 6.42 Å². The zero-order valence-electron chi connectivity index (χ0n) is 5.86. The van der Waals surface area contributed by atoms with E-state index in [-0.39, 0.29) is 18.8 Å². The van der Waals surface area contributed by atoms with Crippen molar-refractivity contribution < 1.29 is 18.3 Å². The first kappa shape index (κ1) is 10.4. The second-order valence-corrected chi connectivity index (χ2v) is 3.94. The zero-order valence-corrected chi connectivity index (χ0v) is 6.67. The van der Waals surface area contributed by atoms with Crippen LogP contribution in [0.4, 0.5) is 4.79 Å². The monoisotopic (exact) mass is 180 g/mol. The van der Waals surface area contributed by atoms with Crippen molar-refractivity contribution in [1.82, 2.24) is 0 Å². The van der Waals surface area contributed by atoms with Crippen molar-refractivity contribution >= 4 is 15.1 Å². The van der Waals surface area contributed by atoms with Gasteiger partial charge in [-0.3, -0.25) is 4.79 Å². The first-order chi connectivity index (χ1) is 5.00. The molecule has 0 aliphatic heterocycles. The van der Waals surface area contributed by atoms with Crippen LogP contribution in [-0.2, 0) is 9.84 Å². The van der Waals surface area contributed by atoms with E-state index in [1.807, 2.05) is 0 Å². The number of primary amides is 1. The topological polar surface area (TPSA) is 97.5 Å². The molecule has 0 heterocycles. The number of carbonyl (C=O) groups is 1. The summed E-state index contributed by atoms with van der Waals surface area (Å²) in [5.41, 5.74) is 4.55. The maximum atomic E-state index is 10.6. The average Bonchev–Trinajstić information content (AvgIpc) is 1.88. The zero-order chi connectivity index (χ0) is 8.91. The minimum atomic E-state index is -3.77. The van der Waals surface area contributed by atoms with Crippen molar-refractivity contribution in [3.63, 3.8) is 0 Å². The lowest BCUT2D eigenvalue weighted by Gasteiger charge is -1.96. The number of sulfone groups is 1. The molecule has 6 heteroatoms. The Bertz CT molecular complexity index is 221. The first-order valence-corrected chi connectivity index (χ1v) is 4.60. The van der Waals surface area contributed by atoms with Crippen molar-refractivity contribution in [1.29, 1.82) is 0 Å². The van der Waals surface area contributed by atoms with Gasteiger partial charge in [0.1, 0.15) is 0 Å². The van der Waals surface area contributed by atoms with E-state index in [9.17, 15) is 13.2 Å². The summed E-state index contributed by atoms with van der Waals surface area (Å²) >= 11 is 0. The quantitative estimate of drug-likeness (QED) is 0.546. The number of carbonyl (C=O) groups excluding carboxylic acids is 1. The van der Waals surface area contributed by atoms with Crippen LogP contribution in [0.25, 0.3) is 0 Å². The van der Waals surface area contributed by atoms with Crippen LogP contribution in [0.2, 0.25) is 0 Å². The maximum absolute atomic E-state index is 10.6. The molecule has 1 amide bonds. The third kappa shape index (κ3) is 3.94. The van der Waals surface area contributed by atoms with Crippen molar-refractivity contribution in [2.24, 2.45) is 5.73 Å². The molecule has 0 aromatic carbocycles. The molecule has 0 fully saturated rings. The minimum Gasteiger partial charge on any atom is -0.396 e. The van der Waals surface area contributed by atoms with Gasteiger partial charge >= 0.3 is 5.24 Å². The van der Waals surface area contributed by atoms with Gasteiger partial charge in [-0.25, -0.2) is 8.42 Å². The largest absolute Gasteiger partial charge is 0.396 e.